The van der Waals surface area contributed by atoms with Gasteiger partial charge in [0.05, 0.1) is 0 Å². The summed E-state index contributed by atoms with van der Waals surface area (Å²) in [7, 11) is 0. The van der Waals surface area contributed by atoms with Crippen molar-refractivity contribution in [2.75, 3.05) is 0 Å². The van der Waals surface area contributed by atoms with Crippen LogP contribution in [0.4, 0.5) is 0 Å². The van der Waals surface area contributed by atoms with Gasteiger partial charge in [0.15, 0.2) is 0 Å². The quantitative estimate of drug-likeness (QED) is 0.617. The fraction of sp³-hybridized carbons (Fsp3) is 0.500. The first-order valence-electron chi connectivity index (χ1n) is 9.66. The normalized spacial score (nSPS) is 14.3. The van der Waals surface area contributed by atoms with Crippen LogP contribution in [0, 0.1) is 0 Å². The number of hydrogen-bond donors (Lipinski definition) is 1. The van der Waals surface area contributed by atoms with Gasteiger partial charge < -0.3 is 5.11 Å². The molecule has 0 amide bonds. The lowest BCUT2D eigenvalue weighted by molar-refractivity contribution is 0.432. The van der Waals surface area contributed by atoms with Crippen molar-refractivity contribution in [1.29, 1.82) is 0 Å². The Balaban J connectivity index is 2.69. The first kappa shape index (κ1) is 19.6. The highest BCUT2D eigenvalue weighted by molar-refractivity contribution is 5.53. The molecule has 25 heavy (non-hydrogen) atoms. The zero-order valence-corrected chi connectivity index (χ0v) is 16.8. The summed E-state index contributed by atoms with van der Waals surface area (Å²) in [5, 5.41) is 11.1. The maximum absolute atomic E-state index is 11.1. The minimum atomic E-state index is -0.187. The third-order valence-electron chi connectivity index (χ3n) is 5.57. The van der Waals surface area contributed by atoms with Gasteiger partial charge in [-0.3, -0.25) is 0 Å². The van der Waals surface area contributed by atoms with E-state index in [0.29, 0.717) is 5.75 Å². The largest absolute Gasteiger partial charge is 0.507 e. The number of hydrogen-bond acceptors (Lipinski definition) is 1. The average Bonchev–Trinajstić information content (AvgIpc) is 2.60. The molecule has 2 aromatic rings. The monoisotopic (exact) mass is 338 g/mol. The van der Waals surface area contributed by atoms with Crippen molar-refractivity contribution in [3.63, 3.8) is 0 Å². The van der Waals surface area contributed by atoms with Gasteiger partial charge in [0.1, 0.15) is 5.75 Å². The summed E-state index contributed by atoms with van der Waals surface area (Å²) in [6.45, 7) is 13.4. The van der Waals surface area contributed by atoms with Crippen LogP contribution in [0.1, 0.15) is 83.1 Å². The van der Waals surface area contributed by atoms with Crippen molar-refractivity contribution in [1.82, 2.24) is 0 Å². The summed E-state index contributed by atoms with van der Waals surface area (Å²) in [6.07, 6.45) is 4.13. The number of rotatable bonds is 6. The molecule has 0 aliphatic carbocycles. The predicted octanol–water partition coefficient (Wildman–Crippen LogP) is 6.75. The number of phenols is 1. The van der Waals surface area contributed by atoms with Gasteiger partial charge in [-0.05, 0) is 41.4 Å². The van der Waals surface area contributed by atoms with E-state index in [2.05, 4.69) is 84.0 Å². The first-order valence-corrected chi connectivity index (χ1v) is 9.66. The Morgan fingerprint density at radius 1 is 0.880 bits per heavy atom. The highest BCUT2D eigenvalue weighted by atomic mass is 16.3. The van der Waals surface area contributed by atoms with Gasteiger partial charge in [0, 0.05) is 11.0 Å². The molecule has 1 heteroatoms. The second-order valence-corrected chi connectivity index (χ2v) is 8.44. The van der Waals surface area contributed by atoms with Crippen LogP contribution >= 0.6 is 0 Å². The molecular formula is C24H34O. The number of unbranched alkanes of at least 4 members (excludes halogenated alkanes) is 1. The summed E-state index contributed by atoms with van der Waals surface area (Å²) < 4.78 is 0. The van der Waals surface area contributed by atoms with E-state index < -0.39 is 0 Å². The molecule has 0 aliphatic rings. The number of aryl methyl sites for hydroxylation is 1. The summed E-state index contributed by atoms with van der Waals surface area (Å²) in [4.78, 5) is 0. The molecule has 0 aromatic heterocycles. The van der Waals surface area contributed by atoms with Crippen LogP contribution in [-0.4, -0.2) is 5.11 Å². The third kappa shape index (κ3) is 4.08. The van der Waals surface area contributed by atoms with Gasteiger partial charge in [-0.25, -0.2) is 0 Å². The van der Waals surface area contributed by atoms with Crippen LogP contribution in [-0.2, 0) is 17.3 Å². The molecule has 1 N–H and O–H groups in total. The Labute approximate surface area is 154 Å². The van der Waals surface area contributed by atoms with Crippen molar-refractivity contribution >= 4 is 0 Å². The Bertz CT molecular complexity index is 694. The van der Waals surface area contributed by atoms with E-state index in [-0.39, 0.29) is 10.8 Å². The standard InChI is InChI=1S/C24H34O/c1-7-9-13-18-16-20(23(3,4)5)17-21(22(18)25)24(6,8-2)19-14-11-10-12-15-19/h10-12,14-17,25H,7-9,13H2,1-6H3. The molecule has 0 radical (unpaired) electrons. The second kappa shape index (κ2) is 7.64. The molecule has 136 valence electrons. The molecule has 1 nitrogen and oxygen atoms in total. The van der Waals surface area contributed by atoms with Crippen LogP contribution < -0.4 is 0 Å². The van der Waals surface area contributed by atoms with E-state index in [9.17, 15) is 5.11 Å². The van der Waals surface area contributed by atoms with Crippen LogP contribution in [0.25, 0.3) is 0 Å². The van der Waals surface area contributed by atoms with Crippen molar-refractivity contribution in [3.05, 3.63) is 64.7 Å². The predicted molar refractivity (Wildman–Crippen MR) is 109 cm³/mol. The Hall–Kier alpha value is -1.76. The molecule has 0 aliphatic heterocycles. The summed E-state index contributed by atoms with van der Waals surface area (Å²) >= 11 is 0. The average molecular weight is 339 g/mol. The molecular weight excluding hydrogens is 304 g/mol. The van der Waals surface area contributed by atoms with Crippen molar-refractivity contribution < 1.29 is 5.11 Å². The first-order chi connectivity index (χ1) is 11.7. The van der Waals surface area contributed by atoms with E-state index in [0.717, 1.165) is 36.8 Å². The molecule has 1 atom stereocenters. The van der Waals surface area contributed by atoms with Crippen molar-refractivity contribution in [2.45, 2.75) is 78.1 Å². The Kier molecular flexibility index (Phi) is 5.98. The van der Waals surface area contributed by atoms with Gasteiger partial charge >= 0.3 is 0 Å². The lowest BCUT2D eigenvalue weighted by Gasteiger charge is -2.33. The SMILES string of the molecule is CCCCc1cc(C(C)(C)C)cc(C(C)(CC)c2ccccc2)c1O. The molecule has 2 rings (SSSR count). The molecule has 0 bridgehead atoms. The van der Waals surface area contributed by atoms with Crippen LogP contribution in [0.5, 0.6) is 5.75 Å². The zero-order valence-electron chi connectivity index (χ0n) is 16.8. The fourth-order valence-corrected chi connectivity index (χ4v) is 3.46. The van der Waals surface area contributed by atoms with Gasteiger partial charge in [-0.1, -0.05) is 90.4 Å². The number of benzene rings is 2. The Morgan fingerprint density at radius 3 is 2.04 bits per heavy atom. The fourth-order valence-electron chi connectivity index (χ4n) is 3.46. The van der Waals surface area contributed by atoms with E-state index in [1.54, 1.807) is 0 Å². The minimum Gasteiger partial charge on any atom is -0.507 e. The number of aromatic hydroxyl groups is 1. The van der Waals surface area contributed by atoms with Gasteiger partial charge in [0.2, 0.25) is 0 Å². The molecule has 0 fully saturated rings. The maximum Gasteiger partial charge on any atom is 0.122 e. The van der Waals surface area contributed by atoms with Crippen LogP contribution in [0.15, 0.2) is 42.5 Å². The topological polar surface area (TPSA) is 20.2 Å². The lowest BCUT2D eigenvalue weighted by Crippen LogP contribution is -2.24. The summed E-state index contributed by atoms with van der Waals surface area (Å²) in [5.74, 6) is 0.495. The molecule has 0 spiro atoms. The maximum atomic E-state index is 11.1. The van der Waals surface area contributed by atoms with Crippen LogP contribution in [0.3, 0.4) is 0 Å². The molecule has 1 unspecified atom stereocenters. The number of phenolic OH excluding ortho intramolecular Hbond substituents is 1. The zero-order chi connectivity index (χ0) is 18.7. The van der Waals surface area contributed by atoms with Crippen molar-refractivity contribution in [3.8, 4) is 5.75 Å². The minimum absolute atomic E-state index is 0.0642. The van der Waals surface area contributed by atoms with Gasteiger partial charge in [-0.15, -0.1) is 0 Å². The highest BCUT2D eigenvalue weighted by Crippen LogP contribution is 2.43. The van der Waals surface area contributed by atoms with Crippen molar-refractivity contribution in [2.24, 2.45) is 0 Å². The van der Waals surface area contributed by atoms with Crippen LogP contribution in [0.2, 0.25) is 0 Å². The molecule has 0 saturated carbocycles. The third-order valence-corrected chi connectivity index (χ3v) is 5.57. The molecule has 2 aromatic carbocycles. The van der Waals surface area contributed by atoms with Gasteiger partial charge in [-0.2, -0.15) is 0 Å². The smallest absolute Gasteiger partial charge is 0.122 e. The summed E-state index contributed by atoms with van der Waals surface area (Å²) in [6, 6.07) is 15.0. The van der Waals surface area contributed by atoms with Gasteiger partial charge in [0.25, 0.3) is 0 Å². The van der Waals surface area contributed by atoms with E-state index in [1.165, 1.54) is 11.1 Å². The highest BCUT2D eigenvalue weighted by Gasteiger charge is 2.32. The van der Waals surface area contributed by atoms with E-state index in [1.807, 2.05) is 0 Å². The molecule has 0 saturated heterocycles. The Morgan fingerprint density at radius 2 is 1.52 bits per heavy atom. The lowest BCUT2D eigenvalue weighted by atomic mass is 9.71. The van der Waals surface area contributed by atoms with E-state index >= 15 is 0 Å². The second-order valence-electron chi connectivity index (χ2n) is 8.44. The van der Waals surface area contributed by atoms with E-state index in [4.69, 9.17) is 0 Å². The summed E-state index contributed by atoms with van der Waals surface area (Å²) in [5.41, 5.74) is 4.62. The molecule has 0 heterocycles.